The predicted molar refractivity (Wildman–Crippen MR) is 68.6 cm³/mol. The molecule has 0 bridgehead atoms. The number of nitrogens with zero attached hydrogens (tertiary/aromatic N) is 1. The van der Waals surface area contributed by atoms with Crippen LogP contribution >= 0.6 is 11.3 Å². The van der Waals surface area contributed by atoms with E-state index in [1.807, 2.05) is 26.8 Å². The van der Waals surface area contributed by atoms with Crippen molar-refractivity contribution in [2.24, 2.45) is 0 Å². The third-order valence-electron chi connectivity index (χ3n) is 1.87. The second-order valence-electron chi connectivity index (χ2n) is 4.78. The first-order valence-electron chi connectivity index (χ1n) is 5.41. The maximum Gasteiger partial charge on any atom is 0.234 e. The highest BCUT2D eigenvalue weighted by molar-refractivity contribution is 7.12. The van der Waals surface area contributed by atoms with Gasteiger partial charge in [-0.05, 0) is 32.9 Å². The molecule has 0 aliphatic carbocycles. The third kappa shape index (κ3) is 5.48. The first-order valence-corrected chi connectivity index (χ1v) is 6.23. The normalized spacial score (nSPS) is 10.9. The molecule has 5 heteroatoms. The van der Waals surface area contributed by atoms with Crippen LogP contribution in [0.5, 0.6) is 0 Å². The molecule has 0 atom stereocenters. The molecule has 0 radical (unpaired) electrons. The van der Waals surface area contributed by atoms with Crippen LogP contribution in [0, 0.1) is 11.3 Å². The third-order valence-corrected chi connectivity index (χ3v) is 2.86. The van der Waals surface area contributed by atoms with Gasteiger partial charge < -0.3 is 10.6 Å². The van der Waals surface area contributed by atoms with Gasteiger partial charge in [-0.3, -0.25) is 4.79 Å². The zero-order valence-electron chi connectivity index (χ0n) is 10.3. The summed E-state index contributed by atoms with van der Waals surface area (Å²) in [5.74, 6) is -0.0189. The zero-order valence-corrected chi connectivity index (χ0v) is 11.1. The number of hydrogen-bond acceptors (Lipinski definition) is 4. The topological polar surface area (TPSA) is 64.9 Å². The van der Waals surface area contributed by atoms with Crippen molar-refractivity contribution < 1.29 is 4.79 Å². The van der Waals surface area contributed by atoms with Gasteiger partial charge >= 0.3 is 0 Å². The van der Waals surface area contributed by atoms with Gasteiger partial charge in [0.2, 0.25) is 5.91 Å². The fourth-order valence-electron chi connectivity index (χ4n) is 1.29. The largest absolute Gasteiger partial charge is 0.350 e. The van der Waals surface area contributed by atoms with Gasteiger partial charge in [0.15, 0.2) is 0 Å². The molecule has 0 saturated carbocycles. The van der Waals surface area contributed by atoms with Crippen LogP contribution in [-0.4, -0.2) is 18.0 Å². The minimum absolute atomic E-state index is 0.0189. The van der Waals surface area contributed by atoms with E-state index in [0.717, 1.165) is 4.88 Å². The highest BCUT2D eigenvalue weighted by Crippen LogP contribution is 2.14. The summed E-state index contributed by atoms with van der Waals surface area (Å²) in [5.41, 5.74) is -0.199. The monoisotopic (exact) mass is 251 g/mol. The van der Waals surface area contributed by atoms with Crippen LogP contribution in [0.15, 0.2) is 12.1 Å². The molecule has 0 aliphatic rings. The fourth-order valence-corrected chi connectivity index (χ4v) is 2.07. The second-order valence-corrected chi connectivity index (χ2v) is 5.95. The van der Waals surface area contributed by atoms with Crippen molar-refractivity contribution in [2.75, 3.05) is 6.54 Å². The number of amides is 1. The maximum absolute atomic E-state index is 11.5. The second kappa shape index (κ2) is 5.80. The van der Waals surface area contributed by atoms with E-state index < -0.39 is 0 Å². The smallest absolute Gasteiger partial charge is 0.234 e. The Balaban J connectivity index is 2.29. The lowest BCUT2D eigenvalue weighted by Crippen LogP contribution is -2.44. The number of carbonyl (C=O) groups is 1. The number of rotatable bonds is 4. The number of thiophene rings is 1. The first kappa shape index (κ1) is 13.7. The van der Waals surface area contributed by atoms with Crippen LogP contribution in [-0.2, 0) is 11.3 Å². The van der Waals surface area contributed by atoms with Crippen LogP contribution < -0.4 is 10.6 Å². The molecule has 0 unspecified atom stereocenters. The Morgan fingerprint density at radius 1 is 1.47 bits per heavy atom. The first-order chi connectivity index (χ1) is 7.90. The highest BCUT2D eigenvalue weighted by Gasteiger charge is 2.12. The molecule has 4 nitrogen and oxygen atoms in total. The van der Waals surface area contributed by atoms with Crippen molar-refractivity contribution in [3.8, 4) is 6.07 Å². The van der Waals surface area contributed by atoms with Gasteiger partial charge in [0, 0.05) is 17.0 Å². The zero-order chi connectivity index (χ0) is 12.9. The molecule has 0 aromatic carbocycles. The Kier molecular flexibility index (Phi) is 4.67. The van der Waals surface area contributed by atoms with Crippen molar-refractivity contribution in [2.45, 2.75) is 32.9 Å². The SMILES string of the molecule is CC(C)(C)NC(=O)CNCc1ccc(C#N)s1. The number of nitriles is 1. The average molecular weight is 251 g/mol. The summed E-state index contributed by atoms with van der Waals surface area (Å²) in [6.45, 7) is 6.75. The van der Waals surface area contributed by atoms with Crippen LogP contribution in [0.25, 0.3) is 0 Å². The van der Waals surface area contributed by atoms with Crippen molar-refractivity contribution in [3.05, 3.63) is 21.9 Å². The summed E-state index contributed by atoms with van der Waals surface area (Å²) >= 11 is 1.44. The van der Waals surface area contributed by atoms with Gasteiger partial charge in [-0.2, -0.15) is 5.26 Å². The summed E-state index contributed by atoms with van der Waals surface area (Å²) < 4.78 is 0. The van der Waals surface area contributed by atoms with E-state index in [2.05, 4.69) is 16.7 Å². The van der Waals surface area contributed by atoms with Gasteiger partial charge in [-0.1, -0.05) is 0 Å². The number of nitrogens with one attached hydrogen (secondary N) is 2. The standard InChI is InChI=1S/C12H17N3OS/c1-12(2,3)15-11(16)8-14-7-10-5-4-9(6-13)17-10/h4-5,14H,7-8H2,1-3H3,(H,15,16). The molecule has 0 spiro atoms. The molecule has 1 heterocycles. The van der Waals surface area contributed by atoms with E-state index in [1.54, 1.807) is 6.07 Å². The van der Waals surface area contributed by atoms with E-state index in [-0.39, 0.29) is 18.0 Å². The van der Waals surface area contributed by atoms with Gasteiger partial charge in [-0.25, -0.2) is 0 Å². The summed E-state index contributed by atoms with van der Waals surface area (Å²) in [6.07, 6.45) is 0. The van der Waals surface area contributed by atoms with E-state index in [4.69, 9.17) is 5.26 Å². The fraction of sp³-hybridized carbons (Fsp3) is 0.500. The van der Waals surface area contributed by atoms with Gasteiger partial charge in [0.1, 0.15) is 10.9 Å². The van der Waals surface area contributed by atoms with Crippen molar-refractivity contribution >= 4 is 17.2 Å². The molecule has 0 fully saturated rings. The molecule has 1 aromatic rings. The Bertz CT molecular complexity index is 426. The van der Waals surface area contributed by atoms with Crippen LogP contribution in [0.3, 0.4) is 0 Å². The molecule has 1 rings (SSSR count). The van der Waals surface area contributed by atoms with Crippen molar-refractivity contribution in [1.29, 1.82) is 5.26 Å². The lowest BCUT2D eigenvalue weighted by molar-refractivity contribution is -0.121. The average Bonchev–Trinajstić information content (AvgIpc) is 2.63. The minimum Gasteiger partial charge on any atom is -0.350 e. The lowest BCUT2D eigenvalue weighted by atomic mass is 10.1. The Morgan fingerprint density at radius 3 is 2.71 bits per heavy atom. The molecular weight excluding hydrogens is 234 g/mol. The lowest BCUT2D eigenvalue weighted by Gasteiger charge is -2.20. The number of hydrogen-bond donors (Lipinski definition) is 2. The van der Waals surface area contributed by atoms with E-state index in [0.29, 0.717) is 11.4 Å². The van der Waals surface area contributed by atoms with E-state index in [9.17, 15) is 4.79 Å². The van der Waals surface area contributed by atoms with Crippen molar-refractivity contribution in [3.63, 3.8) is 0 Å². The predicted octanol–water partition coefficient (Wildman–Crippen LogP) is 1.62. The molecule has 0 aliphatic heterocycles. The molecule has 2 N–H and O–H groups in total. The van der Waals surface area contributed by atoms with E-state index >= 15 is 0 Å². The summed E-state index contributed by atoms with van der Waals surface area (Å²) in [5, 5.41) is 14.6. The maximum atomic E-state index is 11.5. The Morgan fingerprint density at radius 2 is 2.18 bits per heavy atom. The quantitative estimate of drug-likeness (QED) is 0.854. The molecular formula is C12H17N3OS. The summed E-state index contributed by atoms with van der Waals surface area (Å²) in [6, 6.07) is 5.78. The van der Waals surface area contributed by atoms with Crippen LogP contribution in [0.1, 0.15) is 30.5 Å². The summed E-state index contributed by atoms with van der Waals surface area (Å²) in [4.78, 5) is 13.2. The van der Waals surface area contributed by atoms with Gasteiger partial charge in [0.05, 0.1) is 6.54 Å². The van der Waals surface area contributed by atoms with Gasteiger partial charge in [0.25, 0.3) is 0 Å². The summed E-state index contributed by atoms with van der Waals surface area (Å²) in [7, 11) is 0. The molecule has 1 amide bonds. The minimum atomic E-state index is -0.199. The Hall–Kier alpha value is -1.38. The van der Waals surface area contributed by atoms with Gasteiger partial charge in [-0.15, -0.1) is 11.3 Å². The van der Waals surface area contributed by atoms with Crippen LogP contribution in [0.2, 0.25) is 0 Å². The molecule has 17 heavy (non-hydrogen) atoms. The highest BCUT2D eigenvalue weighted by atomic mass is 32.1. The van der Waals surface area contributed by atoms with Crippen molar-refractivity contribution in [1.82, 2.24) is 10.6 Å². The molecule has 0 saturated heterocycles. The molecule has 1 aromatic heterocycles. The van der Waals surface area contributed by atoms with Crippen LogP contribution in [0.4, 0.5) is 0 Å². The Labute approximate surface area is 106 Å². The van der Waals surface area contributed by atoms with E-state index in [1.165, 1.54) is 11.3 Å². The number of carbonyl (C=O) groups excluding carboxylic acids is 1. The molecule has 92 valence electrons.